The smallest absolute Gasteiger partial charge is 0.355 e. The molecule has 0 spiro atoms. The fraction of sp³-hybridized carbons (Fsp3) is 0.263. The Hall–Kier alpha value is -3.42. The summed E-state index contributed by atoms with van der Waals surface area (Å²) < 4.78 is 6.32. The van der Waals surface area contributed by atoms with Crippen molar-refractivity contribution in [1.29, 1.82) is 0 Å². The summed E-state index contributed by atoms with van der Waals surface area (Å²) in [6.45, 7) is 4.61. The van der Waals surface area contributed by atoms with Gasteiger partial charge in [0.1, 0.15) is 5.69 Å². The van der Waals surface area contributed by atoms with Crippen LogP contribution in [-0.2, 0) is 16.6 Å². The first kappa shape index (κ1) is 19.9. The van der Waals surface area contributed by atoms with Gasteiger partial charge in [-0.1, -0.05) is 6.07 Å². The highest BCUT2D eigenvalue weighted by Gasteiger charge is 2.17. The van der Waals surface area contributed by atoms with Crippen molar-refractivity contribution >= 4 is 29.4 Å². The van der Waals surface area contributed by atoms with Crippen LogP contribution in [0.15, 0.2) is 30.5 Å². The molecule has 1 aromatic heterocycles. The predicted octanol–water partition coefficient (Wildman–Crippen LogP) is 2.35. The molecular weight excluding hydrogens is 350 g/mol. The van der Waals surface area contributed by atoms with E-state index in [1.54, 1.807) is 19.2 Å². The van der Waals surface area contributed by atoms with E-state index < -0.39 is 24.5 Å². The van der Waals surface area contributed by atoms with Crippen molar-refractivity contribution in [2.24, 2.45) is 7.05 Å². The highest BCUT2D eigenvalue weighted by Crippen LogP contribution is 2.14. The second-order valence-electron chi connectivity index (χ2n) is 6.16. The largest absolute Gasteiger partial charge is 0.451 e. The van der Waals surface area contributed by atoms with E-state index in [0.717, 1.165) is 11.1 Å². The fourth-order valence-corrected chi connectivity index (χ4v) is 2.31. The maximum Gasteiger partial charge on any atom is 0.355 e. The zero-order valence-corrected chi connectivity index (χ0v) is 15.6. The number of esters is 1. The number of anilines is 1. The van der Waals surface area contributed by atoms with E-state index in [9.17, 15) is 19.2 Å². The molecule has 0 unspecified atom stereocenters. The molecule has 1 aromatic carbocycles. The zero-order chi connectivity index (χ0) is 20.1. The number of hydrogen-bond donors (Lipinski definition) is 2. The number of ketones is 1. The van der Waals surface area contributed by atoms with E-state index in [2.05, 4.69) is 10.6 Å². The van der Waals surface area contributed by atoms with E-state index in [1.165, 1.54) is 23.8 Å². The first-order valence-electron chi connectivity index (χ1n) is 8.20. The average Bonchev–Trinajstić information content (AvgIpc) is 2.98. The summed E-state index contributed by atoms with van der Waals surface area (Å²) in [7, 11) is 1.58. The number of nitrogens with zero attached hydrogens (tertiary/aromatic N) is 1. The number of carbonyl (C=O) groups is 4. The minimum atomic E-state index is -0.773. The average molecular weight is 371 g/mol. The standard InChI is InChI=1S/C19H21N3O5/c1-11-5-6-15(7-12(11)2)20-19(26)21-17(24)10-27-18(25)16-8-14(13(3)23)9-22(16)4/h5-9H,10H2,1-4H3,(H2,20,21,24,26). The predicted molar refractivity (Wildman–Crippen MR) is 98.8 cm³/mol. The lowest BCUT2D eigenvalue weighted by Crippen LogP contribution is -2.37. The molecule has 0 saturated heterocycles. The first-order chi connectivity index (χ1) is 12.7. The number of carbonyl (C=O) groups excluding carboxylic acids is 4. The van der Waals surface area contributed by atoms with Gasteiger partial charge in [-0.3, -0.25) is 14.9 Å². The molecule has 0 fully saturated rings. The Kier molecular flexibility index (Phi) is 6.12. The number of urea groups is 1. The number of ether oxygens (including phenoxy) is 1. The molecule has 0 aliphatic carbocycles. The molecule has 0 aliphatic rings. The van der Waals surface area contributed by atoms with Crippen LogP contribution in [0.3, 0.4) is 0 Å². The van der Waals surface area contributed by atoms with Crippen molar-refractivity contribution < 1.29 is 23.9 Å². The van der Waals surface area contributed by atoms with Gasteiger partial charge in [0.25, 0.3) is 5.91 Å². The molecule has 0 saturated carbocycles. The number of rotatable bonds is 5. The van der Waals surface area contributed by atoms with E-state index in [0.29, 0.717) is 11.3 Å². The van der Waals surface area contributed by atoms with Gasteiger partial charge in [-0.05, 0) is 50.1 Å². The lowest BCUT2D eigenvalue weighted by molar-refractivity contribution is -0.123. The van der Waals surface area contributed by atoms with Gasteiger partial charge < -0.3 is 14.6 Å². The number of nitrogens with one attached hydrogen (secondary N) is 2. The molecular formula is C19H21N3O5. The third-order valence-electron chi connectivity index (χ3n) is 3.97. The monoisotopic (exact) mass is 371 g/mol. The SMILES string of the molecule is CC(=O)c1cc(C(=O)OCC(=O)NC(=O)Nc2ccc(C)c(C)c2)n(C)c1. The highest BCUT2D eigenvalue weighted by molar-refractivity contribution is 6.02. The van der Waals surface area contributed by atoms with Crippen molar-refractivity contribution in [1.82, 2.24) is 9.88 Å². The van der Waals surface area contributed by atoms with Crippen LogP contribution in [0.25, 0.3) is 0 Å². The molecule has 3 amide bonds. The molecule has 2 rings (SSSR count). The number of hydrogen-bond acceptors (Lipinski definition) is 5. The lowest BCUT2D eigenvalue weighted by atomic mass is 10.1. The topological polar surface area (TPSA) is 106 Å². The molecule has 8 nitrogen and oxygen atoms in total. The maximum atomic E-state index is 12.0. The first-order valence-corrected chi connectivity index (χ1v) is 8.20. The molecule has 8 heteroatoms. The molecule has 0 aliphatic heterocycles. The number of amides is 3. The van der Waals surface area contributed by atoms with Crippen LogP contribution in [0.5, 0.6) is 0 Å². The number of aromatic nitrogens is 1. The van der Waals surface area contributed by atoms with Crippen molar-refractivity contribution in [3.05, 3.63) is 52.8 Å². The van der Waals surface area contributed by atoms with E-state index in [4.69, 9.17) is 4.74 Å². The Morgan fingerprint density at radius 3 is 2.37 bits per heavy atom. The normalized spacial score (nSPS) is 10.2. The summed E-state index contributed by atoms with van der Waals surface area (Å²) in [5.41, 5.74) is 3.12. The van der Waals surface area contributed by atoms with Crippen molar-refractivity contribution in [2.75, 3.05) is 11.9 Å². The Labute approximate surface area is 156 Å². The summed E-state index contributed by atoms with van der Waals surface area (Å²) in [6.07, 6.45) is 1.50. The van der Waals surface area contributed by atoms with E-state index in [1.807, 2.05) is 19.9 Å². The number of aryl methyl sites for hydroxylation is 3. The van der Waals surface area contributed by atoms with E-state index >= 15 is 0 Å². The molecule has 2 aromatic rings. The van der Waals surface area contributed by atoms with Gasteiger partial charge in [0.15, 0.2) is 12.4 Å². The van der Waals surface area contributed by atoms with Crippen LogP contribution in [0, 0.1) is 13.8 Å². The Balaban J connectivity index is 1.86. The number of benzene rings is 1. The second kappa shape index (κ2) is 8.31. The van der Waals surface area contributed by atoms with Crippen LogP contribution in [-0.4, -0.2) is 34.9 Å². The molecule has 1 heterocycles. The fourth-order valence-electron chi connectivity index (χ4n) is 2.31. The van der Waals surface area contributed by atoms with Gasteiger partial charge in [-0.2, -0.15) is 0 Å². The second-order valence-corrected chi connectivity index (χ2v) is 6.16. The Bertz CT molecular complexity index is 914. The summed E-state index contributed by atoms with van der Waals surface area (Å²) in [5, 5.41) is 4.61. The molecule has 2 N–H and O–H groups in total. The van der Waals surface area contributed by atoms with Crippen molar-refractivity contribution in [3.63, 3.8) is 0 Å². The van der Waals surface area contributed by atoms with Gasteiger partial charge in [0.2, 0.25) is 0 Å². The van der Waals surface area contributed by atoms with Crippen molar-refractivity contribution in [3.8, 4) is 0 Å². The van der Waals surface area contributed by atoms with Crippen molar-refractivity contribution in [2.45, 2.75) is 20.8 Å². The molecule has 0 radical (unpaired) electrons. The minimum Gasteiger partial charge on any atom is -0.451 e. The van der Waals surface area contributed by atoms with Crippen LogP contribution in [0.1, 0.15) is 38.9 Å². The molecule has 0 bridgehead atoms. The summed E-state index contributed by atoms with van der Waals surface area (Å²) >= 11 is 0. The maximum absolute atomic E-state index is 12.0. The van der Waals surface area contributed by atoms with Crippen LogP contribution < -0.4 is 10.6 Å². The Morgan fingerprint density at radius 1 is 1.07 bits per heavy atom. The minimum absolute atomic E-state index is 0.132. The molecule has 0 atom stereocenters. The quantitative estimate of drug-likeness (QED) is 0.620. The van der Waals surface area contributed by atoms with Crippen LogP contribution in [0.2, 0.25) is 0 Å². The van der Waals surface area contributed by atoms with Gasteiger partial charge in [0, 0.05) is 24.5 Å². The molecule has 27 heavy (non-hydrogen) atoms. The number of imide groups is 1. The Morgan fingerprint density at radius 2 is 1.78 bits per heavy atom. The third-order valence-corrected chi connectivity index (χ3v) is 3.97. The number of Topliss-reactive ketones (excluding diaryl/α,β-unsaturated/α-hetero) is 1. The highest BCUT2D eigenvalue weighted by atomic mass is 16.5. The summed E-state index contributed by atoms with van der Waals surface area (Å²) in [6, 6.07) is 6.01. The van der Waals surface area contributed by atoms with Crippen LogP contribution in [0.4, 0.5) is 10.5 Å². The summed E-state index contributed by atoms with van der Waals surface area (Å²) in [4.78, 5) is 47.0. The summed E-state index contributed by atoms with van der Waals surface area (Å²) in [5.74, 6) is -1.73. The van der Waals surface area contributed by atoms with E-state index in [-0.39, 0.29) is 11.5 Å². The molecule has 142 valence electrons. The van der Waals surface area contributed by atoms with Gasteiger partial charge >= 0.3 is 12.0 Å². The van der Waals surface area contributed by atoms with Gasteiger partial charge in [-0.25, -0.2) is 9.59 Å². The zero-order valence-electron chi connectivity index (χ0n) is 15.6. The van der Waals surface area contributed by atoms with Crippen LogP contribution >= 0.6 is 0 Å². The van der Waals surface area contributed by atoms with Gasteiger partial charge in [0.05, 0.1) is 0 Å². The third kappa shape index (κ3) is 5.27. The lowest BCUT2D eigenvalue weighted by Gasteiger charge is -2.09. The van der Waals surface area contributed by atoms with Gasteiger partial charge in [-0.15, -0.1) is 0 Å².